The zero-order valence-corrected chi connectivity index (χ0v) is 14.3. The van der Waals surface area contributed by atoms with E-state index in [0.29, 0.717) is 13.0 Å². The molecule has 2 N–H and O–H groups in total. The number of aryl methyl sites for hydroxylation is 1. The third-order valence-corrected chi connectivity index (χ3v) is 4.91. The van der Waals surface area contributed by atoms with Crippen molar-refractivity contribution in [1.82, 2.24) is 5.32 Å². The number of hydrogen-bond acceptors (Lipinski definition) is 2. The molecule has 0 bridgehead atoms. The van der Waals surface area contributed by atoms with E-state index >= 15 is 0 Å². The van der Waals surface area contributed by atoms with Gasteiger partial charge in [0.1, 0.15) is 0 Å². The molecule has 2 aliphatic carbocycles. The lowest BCUT2D eigenvalue weighted by molar-refractivity contribution is -0.125. The zero-order chi connectivity index (χ0) is 16.9. The molecule has 2 amide bonds. The third-order valence-electron chi connectivity index (χ3n) is 4.91. The molecule has 0 spiro atoms. The van der Waals surface area contributed by atoms with Crippen LogP contribution in [0.3, 0.4) is 0 Å². The number of carbonyl (C=O) groups excluding carboxylic acids is 2. The molecule has 0 aromatic heterocycles. The summed E-state index contributed by atoms with van der Waals surface area (Å²) in [6.45, 7) is 2.70. The van der Waals surface area contributed by atoms with Crippen molar-refractivity contribution in [3.05, 3.63) is 41.5 Å². The van der Waals surface area contributed by atoms with Crippen LogP contribution in [0.25, 0.3) is 0 Å². The van der Waals surface area contributed by atoms with Crippen LogP contribution >= 0.6 is 0 Å². The SMILES string of the molecule is Cc1ccc(NC(=O)C2CC2C(=O)NCCC2=CCCCC2)cc1. The fourth-order valence-electron chi connectivity index (χ4n) is 3.26. The molecule has 0 saturated heterocycles. The minimum Gasteiger partial charge on any atom is -0.356 e. The lowest BCUT2D eigenvalue weighted by atomic mass is 9.97. The van der Waals surface area contributed by atoms with Crippen molar-refractivity contribution >= 4 is 17.5 Å². The Kier molecular flexibility index (Phi) is 5.34. The molecule has 128 valence electrons. The van der Waals surface area contributed by atoms with Gasteiger partial charge < -0.3 is 10.6 Å². The first-order chi connectivity index (χ1) is 11.6. The van der Waals surface area contributed by atoms with Crippen LogP contribution in [0.5, 0.6) is 0 Å². The molecule has 3 rings (SSSR count). The number of nitrogens with one attached hydrogen (secondary N) is 2. The summed E-state index contributed by atoms with van der Waals surface area (Å²) in [5, 5.41) is 5.88. The standard InChI is InChI=1S/C20H26N2O2/c1-14-7-9-16(10-8-14)22-20(24)18-13-17(18)19(23)21-12-11-15-5-3-2-4-6-15/h5,7-10,17-18H,2-4,6,11-13H2,1H3,(H,21,23)(H,22,24). The van der Waals surface area contributed by atoms with Crippen LogP contribution in [0.4, 0.5) is 5.69 Å². The van der Waals surface area contributed by atoms with E-state index in [2.05, 4.69) is 16.7 Å². The second kappa shape index (κ2) is 7.65. The highest BCUT2D eigenvalue weighted by atomic mass is 16.2. The minimum absolute atomic E-state index is 0.0236. The van der Waals surface area contributed by atoms with E-state index in [-0.39, 0.29) is 23.7 Å². The van der Waals surface area contributed by atoms with Crippen molar-refractivity contribution in [2.75, 3.05) is 11.9 Å². The molecule has 0 radical (unpaired) electrons. The van der Waals surface area contributed by atoms with Gasteiger partial charge in [-0.15, -0.1) is 0 Å². The van der Waals surface area contributed by atoms with E-state index < -0.39 is 0 Å². The van der Waals surface area contributed by atoms with E-state index in [0.717, 1.165) is 17.7 Å². The molecular formula is C20H26N2O2. The van der Waals surface area contributed by atoms with E-state index in [4.69, 9.17) is 0 Å². The number of hydrogen-bond donors (Lipinski definition) is 2. The number of benzene rings is 1. The van der Waals surface area contributed by atoms with E-state index in [9.17, 15) is 9.59 Å². The second-order valence-electron chi connectivity index (χ2n) is 6.95. The number of carbonyl (C=O) groups is 2. The summed E-state index contributed by atoms with van der Waals surface area (Å²) in [5.74, 6) is -0.361. The van der Waals surface area contributed by atoms with Crippen LogP contribution in [0.1, 0.15) is 44.1 Å². The molecule has 24 heavy (non-hydrogen) atoms. The van der Waals surface area contributed by atoms with E-state index in [1.54, 1.807) is 0 Å². The molecule has 1 aromatic rings. The molecule has 0 heterocycles. The highest BCUT2D eigenvalue weighted by Gasteiger charge is 2.47. The van der Waals surface area contributed by atoms with Gasteiger partial charge in [-0.2, -0.15) is 0 Å². The maximum Gasteiger partial charge on any atom is 0.228 e. The Labute approximate surface area is 143 Å². The molecule has 4 nitrogen and oxygen atoms in total. The summed E-state index contributed by atoms with van der Waals surface area (Å²) in [7, 11) is 0. The van der Waals surface area contributed by atoms with Gasteiger partial charge in [-0.3, -0.25) is 9.59 Å². The Morgan fingerprint density at radius 2 is 1.83 bits per heavy atom. The van der Waals surface area contributed by atoms with Crippen LogP contribution in [0.2, 0.25) is 0 Å². The highest BCUT2D eigenvalue weighted by molar-refractivity contribution is 5.99. The van der Waals surface area contributed by atoms with E-state index in [1.807, 2.05) is 31.2 Å². The Morgan fingerprint density at radius 1 is 1.08 bits per heavy atom. The topological polar surface area (TPSA) is 58.2 Å². The van der Waals surface area contributed by atoms with Crippen LogP contribution in [0.15, 0.2) is 35.9 Å². The predicted molar refractivity (Wildman–Crippen MR) is 95.6 cm³/mol. The summed E-state index contributed by atoms with van der Waals surface area (Å²) >= 11 is 0. The van der Waals surface area contributed by atoms with Crippen LogP contribution in [0, 0.1) is 18.8 Å². The van der Waals surface area contributed by atoms with Crippen LogP contribution < -0.4 is 10.6 Å². The number of rotatable bonds is 6. The Hall–Kier alpha value is -2.10. The fourth-order valence-corrected chi connectivity index (χ4v) is 3.26. The lowest BCUT2D eigenvalue weighted by Crippen LogP contribution is -2.28. The van der Waals surface area contributed by atoms with E-state index in [1.165, 1.54) is 31.3 Å². The van der Waals surface area contributed by atoms with Crippen molar-refractivity contribution in [3.63, 3.8) is 0 Å². The first-order valence-electron chi connectivity index (χ1n) is 8.96. The van der Waals surface area contributed by atoms with Crippen LogP contribution in [-0.2, 0) is 9.59 Å². The first-order valence-corrected chi connectivity index (χ1v) is 8.96. The molecule has 1 fully saturated rings. The maximum absolute atomic E-state index is 12.2. The number of allylic oxidation sites excluding steroid dienone is 1. The Bertz CT molecular complexity index is 634. The van der Waals surface area contributed by atoms with Crippen molar-refractivity contribution < 1.29 is 9.59 Å². The summed E-state index contributed by atoms with van der Waals surface area (Å²) in [6, 6.07) is 7.71. The first kappa shape index (κ1) is 16.7. The van der Waals surface area contributed by atoms with Gasteiger partial charge >= 0.3 is 0 Å². The summed E-state index contributed by atoms with van der Waals surface area (Å²) < 4.78 is 0. The molecule has 1 saturated carbocycles. The summed E-state index contributed by atoms with van der Waals surface area (Å²) in [6.07, 6.45) is 8.81. The minimum atomic E-state index is -0.180. The summed E-state index contributed by atoms with van der Waals surface area (Å²) in [4.78, 5) is 24.3. The van der Waals surface area contributed by atoms with Gasteiger partial charge in [0, 0.05) is 12.2 Å². The fraction of sp³-hybridized carbons (Fsp3) is 0.500. The molecule has 2 unspecified atom stereocenters. The highest BCUT2D eigenvalue weighted by Crippen LogP contribution is 2.39. The summed E-state index contributed by atoms with van der Waals surface area (Å²) in [5.41, 5.74) is 3.41. The van der Waals surface area contributed by atoms with Crippen molar-refractivity contribution in [2.24, 2.45) is 11.8 Å². The molecule has 2 atom stereocenters. The van der Waals surface area contributed by atoms with Gasteiger partial charge in [-0.25, -0.2) is 0 Å². The molecule has 2 aliphatic rings. The molecule has 4 heteroatoms. The largest absolute Gasteiger partial charge is 0.356 e. The average Bonchev–Trinajstić information content (AvgIpc) is 3.39. The van der Waals surface area contributed by atoms with Gasteiger partial charge in [0.05, 0.1) is 11.8 Å². The van der Waals surface area contributed by atoms with Crippen molar-refractivity contribution in [2.45, 2.75) is 45.4 Å². The van der Waals surface area contributed by atoms with Gasteiger partial charge in [0.2, 0.25) is 11.8 Å². The quantitative estimate of drug-likeness (QED) is 0.785. The van der Waals surface area contributed by atoms with Gasteiger partial charge in [0.15, 0.2) is 0 Å². The van der Waals surface area contributed by atoms with Crippen molar-refractivity contribution in [3.8, 4) is 0 Å². The number of anilines is 1. The molecule has 0 aliphatic heterocycles. The predicted octanol–water partition coefficient (Wildman–Crippen LogP) is 3.58. The average molecular weight is 326 g/mol. The third kappa shape index (κ3) is 4.47. The van der Waals surface area contributed by atoms with Gasteiger partial charge in [0.25, 0.3) is 0 Å². The molecular weight excluding hydrogens is 300 g/mol. The Morgan fingerprint density at radius 3 is 2.54 bits per heavy atom. The monoisotopic (exact) mass is 326 g/mol. The smallest absolute Gasteiger partial charge is 0.228 e. The second-order valence-corrected chi connectivity index (χ2v) is 6.95. The number of amides is 2. The van der Waals surface area contributed by atoms with Gasteiger partial charge in [-0.05, 0) is 57.6 Å². The van der Waals surface area contributed by atoms with Crippen LogP contribution in [-0.4, -0.2) is 18.4 Å². The van der Waals surface area contributed by atoms with Crippen molar-refractivity contribution in [1.29, 1.82) is 0 Å². The van der Waals surface area contributed by atoms with Gasteiger partial charge in [-0.1, -0.05) is 29.3 Å². The Balaban J connectivity index is 1.39. The maximum atomic E-state index is 12.2. The molecule has 1 aromatic carbocycles. The zero-order valence-electron chi connectivity index (χ0n) is 14.3. The lowest BCUT2D eigenvalue weighted by Gasteiger charge is -2.13. The normalized spacial score (nSPS) is 22.5.